The molecule has 0 saturated carbocycles. The molecule has 17 heavy (non-hydrogen) atoms. The van der Waals surface area contributed by atoms with Gasteiger partial charge >= 0.3 is 0 Å². The van der Waals surface area contributed by atoms with Crippen molar-refractivity contribution in [2.45, 2.75) is 25.0 Å². The molecular weight excluding hydrogens is 222 g/mol. The van der Waals surface area contributed by atoms with Crippen LogP contribution >= 0.6 is 0 Å². The molecule has 2 atom stereocenters. The highest BCUT2D eigenvalue weighted by Gasteiger charge is 2.39. The first kappa shape index (κ1) is 12.1. The number of hydrogen-bond acceptors (Lipinski definition) is 4. The molecule has 1 aliphatic heterocycles. The van der Waals surface area contributed by atoms with E-state index in [4.69, 9.17) is 4.74 Å². The van der Waals surface area contributed by atoms with Crippen LogP contribution in [0.2, 0.25) is 0 Å². The number of carbonyl (C=O) groups is 1. The lowest BCUT2D eigenvalue weighted by Gasteiger charge is -2.26. The third-order valence-corrected chi connectivity index (χ3v) is 3.27. The smallest absolute Gasteiger partial charge is 0.269 e. The lowest BCUT2D eigenvalue weighted by atomic mass is 9.97. The molecule has 1 aromatic rings. The maximum Gasteiger partial charge on any atom is 0.269 e. The van der Waals surface area contributed by atoms with Crippen molar-refractivity contribution in [3.8, 4) is 0 Å². The molecule has 1 amide bonds. The molecule has 2 rings (SSSR count). The van der Waals surface area contributed by atoms with Crippen LogP contribution in [0.5, 0.6) is 0 Å². The van der Waals surface area contributed by atoms with Gasteiger partial charge in [0.15, 0.2) is 0 Å². The number of nitrogens with one attached hydrogen (secondary N) is 1. The van der Waals surface area contributed by atoms with E-state index in [0.29, 0.717) is 18.7 Å². The Kier molecular flexibility index (Phi) is 3.17. The van der Waals surface area contributed by atoms with Crippen molar-refractivity contribution in [3.05, 3.63) is 18.0 Å². The molecule has 1 fully saturated rings. The molecule has 0 aromatic carbocycles. The zero-order chi connectivity index (χ0) is 12.5. The normalized spacial score (nSPS) is 28.3. The van der Waals surface area contributed by atoms with E-state index in [-0.39, 0.29) is 18.6 Å². The van der Waals surface area contributed by atoms with E-state index < -0.39 is 5.60 Å². The molecule has 2 heterocycles. The highest BCUT2D eigenvalue weighted by molar-refractivity contribution is 5.92. The second kappa shape index (κ2) is 4.46. The van der Waals surface area contributed by atoms with Crippen molar-refractivity contribution in [2.24, 2.45) is 7.05 Å². The fourth-order valence-electron chi connectivity index (χ4n) is 1.92. The quantitative estimate of drug-likeness (QED) is 0.758. The fraction of sp³-hybridized carbons (Fsp3) is 0.636. The lowest BCUT2D eigenvalue weighted by Crippen LogP contribution is -2.47. The number of hydrogen-bond donors (Lipinski definition) is 2. The van der Waals surface area contributed by atoms with Crippen LogP contribution in [0.4, 0.5) is 0 Å². The van der Waals surface area contributed by atoms with Crippen LogP contribution in [0.25, 0.3) is 0 Å². The number of aliphatic hydroxyl groups is 1. The van der Waals surface area contributed by atoms with Crippen molar-refractivity contribution in [1.29, 1.82) is 0 Å². The summed E-state index contributed by atoms with van der Waals surface area (Å²) in [5.74, 6) is -0.238. The monoisotopic (exact) mass is 239 g/mol. The van der Waals surface area contributed by atoms with Gasteiger partial charge in [0, 0.05) is 32.8 Å². The van der Waals surface area contributed by atoms with E-state index in [1.807, 2.05) is 6.92 Å². The summed E-state index contributed by atoms with van der Waals surface area (Å²) in [5.41, 5.74) is -0.492. The van der Waals surface area contributed by atoms with E-state index in [9.17, 15) is 9.90 Å². The number of amides is 1. The molecule has 2 unspecified atom stereocenters. The minimum Gasteiger partial charge on any atom is -0.385 e. The first-order valence-corrected chi connectivity index (χ1v) is 5.63. The summed E-state index contributed by atoms with van der Waals surface area (Å²) < 4.78 is 6.79. The van der Waals surface area contributed by atoms with Gasteiger partial charge in [0.1, 0.15) is 11.3 Å². The standard InChI is InChI=1S/C11H17N3O3/c1-8-11(16,4-6-17-8)7-12-10(15)9-3-5-13-14(9)2/h3,5,8,16H,4,6-7H2,1-2H3,(H,12,15). The Morgan fingerprint density at radius 2 is 2.59 bits per heavy atom. The summed E-state index contributed by atoms with van der Waals surface area (Å²) in [6, 6.07) is 1.63. The summed E-state index contributed by atoms with van der Waals surface area (Å²) in [5, 5.41) is 16.8. The largest absolute Gasteiger partial charge is 0.385 e. The molecule has 1 aliphatic rings. The lowest BCUT2D eigenvalue weighted by molar-refractivity contribution is -0.0252. The van der Waals surface area contributed by atoms with Gasteiger partial charge in [-0.05, 0) is 13.0 Å². The zero-order valence-electron chi connectivity index (χ0n) is 10.0. The van der Waals surface area contributed by atoms with Gasteiger partial charge in [0.2, 0.25) is 0 Å². The van der Waals surface area contributed by atoms with Crippen molar-refractivity contribution in [1.82, 2.24) is 15.1 Å². The maximum absolute atomic E-state index is 11.8. The molecule has 6 nitrogen and oxygen atoms in total. The minimum absolute atomic E-state index is 0.193. The molecule has 0 spiro atoms. The van der Waals surface area contributed by atoms with Gasteiger partial charge < -0.3 is 15.2 Å². The molecule has 2 N–H and O–H groups in total. The Morgan fingerprint density at radius 3 is 3.12 bits per heavy atom. The van der Waals surface area contributed by atoms with Crippen molar-refractivity contribution >= 4 is 5.91 Å². The number of rotatable bonds is 3. The minimum atomic E-state index is -0.964. The van der Waals surface area contributed by atoms with Gasteiger partial charge in [-0.3, -0.25) is 9.48 Å². The summed E-state index contributed by atoms with van der Waals surface area (Å²) >= 11 is 0. The first-order valence-electron chi connectivity index (χ1n) is 5.63. The third-order valence-electron chi connectivity index (χ3n) is 3.27. The molecule has 1 saturated heterocycles. The van der Waals surface area contributed by atoms with Gasteiger partial charge in [-0.1, -0.05) is 0 Å². The number of carbonyl (C=O) groups excluding carboxylic acids is 1. The highest BCUT2D eigenvalue weighted by Crippen LogP contribution is 2.24. The Morgan fingerprint density at radius 1 is 1.82 bits per heavy atom. The second-order valence-electron chi connectivity index (χ2n) is 4.39. The topological polar surface area (TPSA) is 76.4 Å². The highest BCUT2D eigenvalue weighted by atomic mass is 16.5. The maximum atomic E-state index is 11.8. The van der Waals surface area contributed by atoms with Crippen LogP contribution in [-0.2, 0) is 11.8 Å². The van der Waals surface area contributed by atoms with Crippen molar-refractivity contribution in [3.63, 3.8) is 0 Å². The van der Waals surface area contributed by atoms with E-state index >= 15 is 0 Å². The van der Waals surface area contributed by atoms with Crippen LogP contribution in [0.15, 0.2) is 12.3 Å². The number of ether oxygens (including phenoxy) is 1. The summed E-state index contributed by atoms with van der Waals surface area (Å²) in [6.07, 6.45) is 1.85. The predicted octanol–water partition coefficient (Wildman–Crippen LogP) is -0.310. The summed E-state index contributed by atoms with van der Waals surface area (Å²) in [4.78, 5) is 11.8. The van der Waals surface area contributed by atoms with Gasteiger partial charge in [-0.15, -0.1) is 0 Å². The molecule has 0 radical (unpaired) electrons. The predicted molar refractivity (Wildman–Crippen MR) is 60.5 cm³/mol. The molecular formula is C11H17N3O3. The van der Waals surface area contributed by atoms with Crippen LogP contribution in [0.1, 0.15) is 23.8 Å². The van der Waals surface area contributed by atoms with E-state index in [2.05, 4.69) is 10.4 Å². The Bertz CT molecular complexity index is 418. The van der Waals surface area contributed by atoms with Gasteiger partial charge in [-0.2, -0.15) is 5.10 Å². The van der Waals surface area contributed by atoms with E-state index in [1.54, 1.807) is 19.3 Å². The van der Waals surface area contributed by atoms with Crippen LogP contribution in [0, 0.1) is 0 Å². The molecule has 0 bridgehead atoms. The van der Waals surface area contributed by atoms with Gasteiger partial charge in [0.05, 0.1) is 6.10 Å². The fourth-order valence-corrected chi connectivity index (χ4v) is 1.92. The number of aryl methyl sites for hydroxylation is 1. The Labute approximate surface area is 99.6 Å². The molecule has 94 valence electrons. The van der Waals surface area contributed by atoms with Crippen molar-refractivity contribution in [2.75, 3.05) is 13.2 Å². The first-order chi connectivity index (χ1) is 8.03. The average molecular weight is 239 g/mol. The average Bonchev–Trinajstić information content (AvgIpc) is 2.84. The summed E-state index contributed by atoms with van der Waals surface area (Å²) in [7, 11) is 1.70. The zero-order valence-corrected chi connectivity index (χ0v) is 10.0. The molecule has 1 aromatic heterocycles. The number of aromatic nitrogens is 2. The Hall–Kier alpha value is -1.40. The van der Waals surface area contributed by atoms with Crippen LogP contribution in [-0.4, -0.2) is 45.7 Å². The van der Waals surface area contributed by atoms with Gasteiger partial charge in [0.25, 0.3) is 5.91 Å². The van der Waals surface area contributed by atoms with Gasteiger partial charge in [-0.25, -0.2) is 0 Å². The van der Waals surface area contributed by atoms with Crippen LogP contribution < -0.4 is 5.32 Å². The second-order valence-corrected chi connectivity index (χ2v) is 4.39. The SMILES string of the molecule is CC1OCCC1(O)CNC(=O)c1ccnn1C. The molecule has 0 aliphatic carbocycles. The van der Waals surface area contributed by atoms with Crippen LogP contribution in [0.3, 0.4) is 0 Å². The van der Waals surface area contributed by atoms with Crippen molar-refractivity contribution < 1.29 is 14.6 Å². The van der Waals surface area contributed by atoms with E-state index in [1.165, 1.54) is 4.68 Å². The van der Waals surface area contributed by atoms with E-state index in [0.717, 1.165) is 0 Å². The molecule has 6 heteroatoms. The third kappa shape index (κ3) is 2.32. The number of nitrogens with zero attached hydrogens (tertiary/aromatic N) is 2. The summed E-state index contributed by atoms with van der Waals surface area (Å²) in [6.45, 7) is 2.53. The Balaban J connectivity index is 1.95.